The molecule has 0 amide bonds. The molecule has 0 spiro atoms. The Morgan fingerprint density at radius 2 is 1.12 bits per heavy atom. The highest BCUT2D eigenvalue weighted by Gasteiger charge is 2.21. The van der Waals surface area contributed by atoms with Crippen molar-refractivity contribution in [3.05, 3.63) is 176 Å². The summed E-state index contributed by atoms with van der Waals surface area (Å²) in [6, 6.07) is 61.5. The molecule has 0 aliphatic carbocycles. The molecule has 3 heterocycles. The van der Waals surface area contributed by atoms with Crippen molar-refractivity contribution in [2.75, 3.05) is 4.90 Å². The smallest absolute Gasteiger partial charge is 0.227 e. The van der Waals surface area contributed by atoms with Gasteiger partial charge in [-0.1, -0.05) is 84.9 Å². The molecule has 5 heteroatoms. The van der Waals surface area contributed by atoms with Crippen molar-refractivity contribution in [3.63, 3.8) is 0 Å². The van der Waals surface area contributed by atoms with Gasteiger partial charge in [-0.3, -0.25) is 0 Å². The van der Waals surface area contributed by atoms with Crippen LogP contribution < -0.4 is 4.90 Å². The van der Waals surface area contributed by atoms with Gasteiger partial charge in [0, 0.05) is 54.9 Å². The molecule has 0 fully saturated rings. The van der Waals surface area contributed by atoms with Gasteiger partial charge in [0.1, 0.15) is 16.7 Å². The van der Waals surface area contributed by atoms with Crippen LogP contribution in [-0.4, -0.2) is 9.55 Å². The van der Waals surface area contributed by atoms with Gasteiger partial charge in [-0.25, -0.2) is 4.98 Å². The number of hydrogen-bond acceptors (Lipinski definition) is 4. The van der Waals surface area contributed by atoms with Crippen LogP contribution in [0, 0.1) is 0 Å². The molecule has 8 aromatic carbocycles. The third-order valence-electron chi connectivity index (χ3n) is 10.2. The number of rotatable bonds is 5. The molecule has 0 N–H and O–H groups in total. The van der Waals surface area contributed by atoms with Gasteiger partial charge in [-0.2, -0.15) is 0 Å². The second-order valence-electron chi connectivity index (χ2n) is 13.2. The first-order valence-corrected chi connectivity index (χ1v) is 17.5. The van der Waals surface area contributed by atoms with Crippen molar-refractivity contribution in [1.29, 1.82) is 0 Å². The van der Waals surface area contributed by atoms with E-state index in [4.69, 9.17) is 13.8 Å². The lowest BCUT2D eigenvalue weighted by atomic mass is 10.0. The highest BCUT2D eigenvalue weighted by Crippen LogP contribution is 2.45. The van der Waals surface area contributed by atoms with Gasteiger partial charge < -0.3 is 18.3 Å². The van der Waals surface area contributed by atoms with Crippen molar-refractivity contribution in [1.82, 2.24) is 9.55 Å². The van der Waals surface area contributed by atoms with Gasteiger partial charge >= 0.3 is 0 Å². The van der Waals surface area contributed by atoms with Crippen LogP contribution in [0.5, 0.6) is 0 Å². The van der Waals surface area contributed by atoms with Gasteiger partial charge in [-0.05, 0) is 91.0 Å². The summed E-state index contributed by atoms with van der Waals surface area (Å²) in [6.45, 7) is 0. The number of oxazole rings is 1. The van der Waals surface area contributed by atoms with E-state index in [0.29, 0.717) is 5.89 Å². The summed E-state index contributed by atoms with van der Waals surface area (Å²) >= 11 is 0. The predicted molar refractivity (Wildman–Crippen MR) is 213 cm³/mol. The molecule has 0 saturated carbocycles. The van der Waals surface area contributed by atoms with Crippen LogP contribution in [0.1, 0.15) is 0 Å². The predicted octanol–water partition coefficient (Wildman–Crippen LogP) is 13.1. The van der Waals surface area contributed by atoms with Crippen LogP contribution in [0.15, 0.2) is 185 Å². The minimum atomic E-state index is 0.614. The highest BCUT2D eigenvalue weighted by molar-refractivity contribution is 6.14. The number of furan rings is 1. The number of nitrogens with zero attached hydrogens (tertiary/aromatic N) is 3. The van der Waals surface area contributed by atoms with Crippen molar-refractivity contribution in [3.8, 4) is 17.1 Å². The van der Waals surface area contributed by atoms with Crippen molar-refractivity contribution in [2.45, 2.75) is 0 Å². The van der Waals surface area contributed by atoms with Crippen LogP contribution in [-0.2, 0) is 0 Å². The van der Waals surface area contributed by atoms with Crippen LogP contribution >= 0.6 is 0 Å². The first-order chi connectivity index (χ1) is 25.8. The lowest BCUT2D eigenvalue weighted by Gasteiger charge is -2.27. The maximum Gasteiger partial charge on any atom is 0.227 e. The average Bonchev–Trinajstić information content (AvgIpc) is 3.91. The summed E-state index contributed by atoms with van der Waals surface area (Å²) in [5.41, 5.74) is 10.9. The van der Waals surface area contributed by atoms with Crippen molar-refractivity contribution >= 4 is 82.7 Å². The molecule has 11 aromatic rings. The number of anilines is 3. The van der Waals surface area contributed by atoms with E-state index < -0.39 is 0 Å². The lowest BCUT2D eigenvalue weighted by Crippen LogP contribution is -2.10. The molecule has 0 unspecified atom stereocenters. The van der Waals surface area contributed by atoms with Gasteiger partial charge in [0.25, 0.3) is 0 Å². The maximum atomic E-state index is 6.51. The Labute approximate surface area is 298 Å². The van der Waals surface area contributed by atoms with Gasteiger partial charge in [0.2, 0.25) is 5.89 Å². The third-order valence-corrected chi connectivity index (χ3v) is 10.2. The zero-order valence-electron chi connectivity index (χ0n) is 27.9. The second kappa shape index (κ2) is 11.2. The Hall–Kier alpha value is -7.11. The molecule has 52 heavy (non-hydrogen) atoms. The maximum absolute atomic E-state index is 6.51. The molecule has 0 bridgehead atoms. The number of fused-ring (bicyclic) bond motifs is 9. The van der Waals surface area contributed by atoms with Crippen LogP contribution in [0.4, 0.5) is 17.1 Å². The largest absolute Gasteiger partial charge is 0.456 e. The fourth-order valence-corrected chi connectivity index (χ4v) is 7.86. The molecule has 0 radical (unpaired) electrons. The fraction of sp³-hybridized carbons (Fsp3) is 0. The molecule has 3 aromatic heterocycles. The minimum absolute atomic E-state index is 0.614. The monoisotopic (exact) mass is 667 g/mol. The number of hydrogen-bond donors (Lipinski definition) is 0. The quantitative estimate of drug-likeness (QED) is 0.183. The standard InChI is InChI=1S/C47H29N3O2/c1-3-12-30(13-4-1)47-48-40-25-24-35-37(46(40)52-47)18-11-20-41(35)49(33-23-27-45-39(29-33)36-17-8-10-21-44(36)51-45)32-22-26-43-38(28-32)34-16-7-9-19-42(34)50(43)31-14-5-2-6-15-31/h1-29H. The molecule has 5 nitrogen and oxygen atoms in total. The van der Waals surface area contributed by atoms with E-state index in [-0.39, 0.29) is 0 Å². The van der Waals surface area contributed by atoms with E-state index in [1.165, 1.54) is 16.3 Å². The van der Waals surface area contributed by atoms with E-state index in [0.717, 1.165) is 77.6 Å². The first-order valence-electron chi connectivity index (χ1n) is 17.5. The Morgan fingerprint density at radius 3 is 1.98 bits per heavy atom. The second-order valence-corrected chi connectivity index (χ2v) is 13.2. The van der Waals surface area contributed by atoms with Crippen LogP contribution in [0.3, 0.4) is 0 Å². The Kier molecular flexibility index (Phi) is 6.18. The summed E-state index contributed by atoms with van der Waals surface area (Å²) in [6.07, 6.45) is 0. The van der Waals surface area contributed by atoms with E-state index in [2.05, 4.69) is 143 Å². The number of benzene rings is 8. The first kappa shape index (κ1) is 28.7. The molecule has 244 valence electrons. The molecule has 11 rings (SSSR count). The van der Waals surface area contributed by atoms with Gasteiger partial charge in [0.05, 0.1) is 16.7 Å². The van der Waals surface area contributed by atoms with Gasteiger partial charge in [0.15, 0.2) is 5.58 Å². The molecule has 0 saturated heterocycles. The van der Waals surface area contributed by atoms with E-state index in [9.17, 15) is 0 Å². The zero-order chi connectivity index (χ0) is 34.2. The molecular formula is C47H29N3O2. The summed E-state index contributed by atoms with van der Waals surface area (Å²) in [7, 11) is 0. The third kappa shape index (κ3) is 4.33. The normalized spacial score (nSPS) is 11.8. The summed E-state index contributed by atoms with van der Waals surface area (Å²) in [4.78, 5) is 7.24. The molecular weight excluding hydrogens is 639 g/mol. The van der Waals surface area contributed by atoms with Crippen molar-refractivity contribution < 1.29 is 8.83 Å². The Morgan fingerprint density at radius 1 is 0.442 bits per heavy atom. The Balaban J connectivity index is 1.18. The lowest BCUT2D eigenvalue weighted by molar-refractivity contribution is 0.623. The summed E-state index contributed by atoms with van der Waals surface area (Å²) in [5, 5.41) is 6.62. The SMILES string of the molecule is c1ccc(-c2nc3ccc4c(N(c5ccc6oc7ccccc7c6c5)c5ccc6c(c5)c5ccccc5n6-c5ccccc5)cccc4c3o2)cc1. The highest BCUT2D eigenvalue weighted by atomic mass is 16.3. The van der Waals surface area contributed by atoms with E-state index >= 15 is 0 Å². The molecule has 0 atom stereocenters. The number of aromatic nitrogens is 2. The van der Waals surface area contributed by atoms with Crippen molar-refractivity contribution in [2.24, 2.45) is 0 Å². The van der Waals surface area contributed by atoms with Gasteiger partial charge in [-0.15, -0.1) is 0 Å². The summed E-state index contributed by atoms with van der Waals surface area (Å²) in [5.74, 6) is 0.614. The topological polar surface area (TPSA) is 47.3 Å². The fourth-order valence-electron chi connectivity index (χ4n) is 7.86. The minimum Gasteiger partial charge on any atom is -0.456 e. The van der Waals surface area contributed by atoms with Crippen LogP contribution in [0.25, 0.3) is 82.8 Å². The average molecular weight is 668 g/mol. The van der Waals surface area contributed by atoms with E-state index in [1.54, 1.807) is 0 Å². The Bertz CT molecular complexity index is 3140. The molecule has 0 aliphatic heterocycles. The number of para-hydroxylation sites is 3. The summed E-state index contributed by atoms with van der Waals surface area (Å²) < 4.78 is 15.1. The zero-order valence-corrected chi connectivity index (χ0v) is 27.9. The molecule has 0 aliphatic rings. The van der Waals surface area contributed by atoms with E-state index in [1.807, 2.05) is 42.5 Å². The van der Waals surface area contributed by atoms with Crippen LogP contribution in [0.2, 0.25) is 0 Å².